The van der Waals surface area contributed by atoms with Crippen molar-refractivity contribution in [3.8, 4) is 5.88 Å². The molecule has 34 heavy (non-hydrogen) atoms. The third-order valence-corrected chi connectivity index (χ3v) is 8.14. The number of thiophene rings is 1. The summed E-state index contributed by atoms with van der Waals surface area (Å²) in [5.74, 6) is 0.494. The molecule has 2 aliphatic rings. The van der Waals surface area contributed by atoms with Crippen LogP contribution in [-0.2, 0) is 16.0 Å². The minimum atomic E-state index is -0.502. The molecular formula is C25H36N4O4S. The van der Waals surface area contributed by atoms with E-state index in [0.717, 1.165) is 55.2 Å². The number of carbonyl (C=O) groups is 2. The van der Waals surface area contributed by atoms with Crippen LogP contribution in [0, 0.1) is 5.92 Å². The molecule has 2 aliphatic carbocycles. The van der Waals surface area contributed by atoms with Crippen molar-refractivity contribution in [1.82, 2.24) is 14.9 Å². The van der Waals surface area contributed by atoms with Gasteiger partial charge in [-0.1, -0.05) is 6.92 Å². The molecule has 1 fully saturated rings. The highest BCUT2D eigenvalue weighted by Crippen LogP contribution is 2.48. The van der Waals surface area contributed by atoms with E-state index in [1.54, 1.807) is 22.6 Å². The summed E-state index contributed by atoms with van der Waals surface area (Å²) >= 11 is 1.71. The molecule has 2 aromatic heterocycles. The van der Waals surface area contributed by atoms with E-state index in [2.05, 4.69) is 9.97 Å². The Bertz CT molecular complexity index is 1060. The quantitative estimate of drug-likeness (QED) is 0.626. The van der Waals surface area contributed by atoms with E-state index in [1.165, 1.54) is 10.4 Å². The van der Waals surface area contributed by atoms with Gasteiger partial charge in [0.1, 0.15) is 22.9 Å². The van der Waals surface area contributed by atoms with Gasteiger partial charge < -0.3 is 20.1 Å². The summed E-state index contributed by atoms with van der Waals surface area (Å²) in [6.45, 7) is 7.54. The van der Waals surface area contributed by atoms with Crippen LogP contribution in [0.5, 0.6) is 5.88 Å². The van der Waals surface area contributed by atoms with Crippen LogP contribution < -0.4 is 10.5 Å². The number of primary amides is 1. The lowest BCUT2D eigenvalue weighted by Crippen LogP contribution is -2.43. The van der Waals surface area contributed by atoms with Gasteiger partial charge in [0, 0.05) is 23.9 Å². The molecule has 0 spiro atoms. The number of aromatic nitrogens is 2. The molecule has 186 valence electrons. The summed E-state index contributed by atoms with van der Waals surface area (Å²) in [5, 5.41) is 1.01. The van der Waals surface area contributed by atoms with Gasteiger partial charge in [-0.2, -0.15) is 0 Å². The Morgan fingerprint density at radius 1 is 1.21 bits per heavy atom. The van der Waals surface area contributed by atoms with E-state index in [0.29, 0.717) is 5.88 Å². The van der Waals surface area contributed by atoms with Crippen molar-refractivity contribution in [2.24, 2.45) is 11.7 Å². The van der Waals surface area contributed by atoms with Crippen LogP contribution in [0.25, 0.3) is 10.2 Å². The normalized spacial score (nSPS) is 23.4. The van der Waals surface area contributed by atoms with Crippen LogP contribution in [0.2, 0.25) is 0 Å². The van der Waals surface area contributed by atoms with Crippen molar-refractivity contribution >= 4 is 33.6 Å². The third kappa shape index (κ3) is 5.29. The first-order valence-corrected chi connectivity index (χ1v) is 13.0. The molecule has 0 aromatic carbocycles. The molecule has 2 N–H and O–H groups in total. The molecule has 8 nitrogen and oxygen atoms in total. The molecule has 9 heteroatoms. The van der Waals surface area contributed by atoms with Gasteiger partial charge in [0.15, 0.2) is 0 Å². The van der Waals surface area contributed by atoms with Gasteiger partial charge in [0.05, 0.1) is 5.39 Å². The van der Waals surface area contributed by atoms with Gasteiger partial charge in [-0.25, -0.2) is 14.8 Å². The lowest BCUT2D eigenvalue weighted by atomic mass is 9.90. The molecule has 0 unspecified atom stereocenters. The topological polar surface area (TPSA) is 108 Å². The second-order valence-corrected chi connectivity index (χ2v) is 11.8. The zero-order chi connectivity index (χ0) is 24.6. The highest BCUT2D eigenvalue weighted by atomic mass is 32.1. The van der Waals surface area contributed by atoms with Crippen LogP contribution in [0.4, 0.5) is 4.79 Å². The van der Waals surface area contributed by atoms with Gasteiger partial charge in [-0.15, -0.1) is 11.3 Å². The summed E-state index contributed by atoms with van der Waals surface area (Å²) < 4.78 is 12.0. The number of nitrogens with zero attached hydrogens (tertiary/aromatic N) is 3. The molecule has 2 heterocycles. The number of rotatable bonds is 6. The van der Waals surface area contributed by atoms with E-state index in [9.17, 15) is 9.59 Å². The van der Waals surface area contributed by atoms with E-state index < -0.39 is 5.60 Å². The molecule has 2 amide bonds. The Kier molecular flexibility index (Phi) is 7.03. The van der Waals surface area contributed by atoms with Crippen molar-refractivity contribution in [3.05, 3.63) is 16.8 Å². The van der Waals surface area contributed by atoms with Crippen LogP contribution in [0.15, 0.2) is 6.33 Å². The number of carbonyl (C=O) groups excluding carboxylic acids is 2. The molecule has 4 rings (SSSR count). The zero-order valence-electron chi connectivity index (χ0n) is 20.8. The van der Waals surface area contributed by atoms with Gasteiger partial charge in [0.25, 0.3) is 0 Å². The maximum Gasteiger partial charge on any atom is 0.410 e. The fourth-order valence-corrected chi connectivity index (χ4v) is 6.33. The summed E-state index contributed by atoms with van der Waals surface area (Å²) in [5.41, 5.74) is 6.29. The number of fused-ring (bicyclic) bond motifs is 3. The van der Waals surface area contributed by atoms with Crippen molar-refractivity contribution in [2.75, 3.05) is 7.05 Å². The van der Waals surface area contributed by atoms with Crippen LogP contribution in [0.1, 0.15) is 82.6 Å². The van der Waals surface area contributed by atoms with Gasteiger partial charge in [-0.05, 0) is 77.2 Å². The maximum atomic E-state index is 12.4. The largest absolute Gasteiger partial charge is 0.474 e. The van der Waals surface area contributed by atoms with E-state index >= 15 is 0 Å². The summed E-state index contributed by atoms with van der Waals surface area (Å²) in [7, 11) is 1.82. The number of hydrogen-bond acceptors (Lipinski definition) is 7. The SMILES string of the molecule is C[C@H](C[C@H]1CCc2sc3ncnc(O[C@H]4CC[C@H](N(C)C(=O)OC(C)(C)C)CC4)c3c21)C(N)=O. The monoisotopic (exact) mass is 488 g/mol. The third-order valence-electron chi connectivity index (χ3n) is 6.97. The van der Waals surface area contributed by atoms with Crippen molar-refractivity contribution in [1.29, 1.82) is 0 Å². The van der Waals surface area contributed by atoms with Gasteiger partial charge in [-0.3, -0.25) is 4.79 Å². The number of hydrogen-bond donors (Lipinski definition) is 1. The summed E-state index contributed by atoms with van der Waals surface area (Å²) in [6.07, 6.45) is 7.50. The standard InChI is InChI=1S/C25H36N4O4S/c1-14(21(26)30)12-15-6-11-18-19(15)20-22(27-13-28-23(20)34-18)32-17-9-7-16(8-10-17)29(5)24(31)33-25(2,3)4/h13-17H,6-12H2,1-5H3,(H2,26,30)/t14-,15-,16-,17-/m1/s1. The predicted octanol–water partition coefficient (Wildman–Crippen LogP) is 4.79. The minimum absolute atomic E-state index is 0.0429. The molecule has 1 saturated carbocycles. The number of nitrogens with two attached hydrogens (primary N) is 1. The fourth-order valence-electron chi connectivity index (χ4n) is 5.10. The van der Waals surface area contributed by atoms with Crippen LogP contribution in [0.3, 0.4) is 0 Å². The average molecular weight is 489 g/mol. The first-order valence-electron chi connectivity index (χ1n) is 12.2. The second-order valence-electron chi connectivity index (χ2n) is 10.7. The summed E-state index contributed by atoms with van der Waals surface area (Å²) in [6, 6.07) is 0.144. The molecule has 2 atom stereocenters. The van der Waals surface area contributed by atoms with Crippen LogP contribution >= 0.6 is 11.3 Å². The Hall–Kier alpha value is -2.42. The number of aryl methyl sites for hydroxylation is 1. The Balaban J connectivity index is 1.45. The van der Waals surface area contributed by atoms with Crippen LogP contribution in [-0.4, -0.2) is 51.7 Å². The molecule has 0 bridgehead atoms. The first kappa shape index (κ1) is 24.7. The zero-order valence-corrected chi connectivity index (χ0v) is 21.6. The fraction of sp³-hybridized carbons (Fsp3) is 0.680. The first-order chi connectivity index (χ1) is 16.0. The van der Waals surface area contributed by atoms with Gasteiger partial charge in [0.2, 0.25) is 11.8 Å². The second kappa shape index (κ2) is 9.68. The Morgan fingerprint density at radius 2 is 1.91 bits per heavy atom. The molecular weight excluding hydrogens is 452 g/mol. The van der Waals surface area contributed by atoms with Crippen molar-refractivity contribution in [2.45, 2.75) is 96.3 Å². The smallest absolute Gasteiger partial charge is 0.410 e. The minimum Gasteiger partial charge on any atom is -0.474 e. The predicted molar refractivity (Wildman–Crippen MR) is 132 cm³/mol. The lowest BCUT2D eigenvalue weighted by molar-refractivity contribution is -0.121. The van der Waals surface area contributed by atoms with E-state index in [-0.39, 0.29) is 36.0 Å². The molecule has 0 saturated heterocycles. The number of ether oxygens (including phenoxy) is 2. The highest BCUT2D eigenvalue weighted by Gasteiger charge is 2.34. The van der Waals surface area contributed by atoms with Crippen molar-refractivity contribution < 1.29 is 19.1 Å². The summed E-state index contributed by atoms with van der Waals surface area (Å²) in [4.78, 5) is 37.1. The van der Waals surface area contributed by atoms with Gasteiger partial charge >= 0.3 is 6.09 Å². The van der Waals surface area contributed by atoms with E-state index in [4.69, 9.17) is 15.2 Å². The molecule has 2 aromatic rings. The van der Waals surface area contributed by atoms with Crippen molar-refractivity contribution in [3.63, 3.8) is 0 Å². The highest BCUT2D eigenvalue weighted by molar-refractivity contribution is 7.19. The van der Waals surface area contributed by atoms with E-state index in [1.807, 2.05) is 34.7 Å². The Morgan fingerprint density at radius 3 is 2.56 bits per heavy atom. The molecule has 0 aliphatic heterocycles. The Labute approximate surface area is 205 Å². The average Bonchev–Trinajstić information content (AvgIpc) is 3.32. The lowest BCUT2D eigenvalue weighted by Gasteiger charge is -2.35. The maximum absolute atomic E-state index is 12.4. The molecule has 0 radical (unpaired) electrons. The number of amides is 2.